The number of aromatic amines is 1. The fourth-order valence-corrected chi connectivity index (χ4v) is 3.31. The fourth-order valence-electron chi connectivity index (χ4n) is 3.12. The summed E-state index contributed by atoms with van der Waals surface area (Å²) < 4.78 is 10.5. The van der Waals surface area contributed by atoms with Crippen LogP contribution in [0.3, 0.4) is 0 Å². The van der Waals surface area contributed by atoms with Gasteiger partial charge in [-0.05, 0) is 37.1 Å². The van der Waals surface area contributed by atoms with Crippen LogP contribution in [0.4, 0.5) is 5.69 Å². The first-order valence-electron chi connectivity index (χ1n) is 8.97. The predicted molar refractivity (Wildman–Crippen MR) is 109 cm³/mol. The second kappa shape index (κ2) is 7.56. The van der Waals surface area contributed by atoms with E-state index in [1.807, 2.05) is 18.2 Å². The molecule has 0 unspecified atom stereocenters. The normalized spacial score (nSPS) is 13.2. The van der Waals surface area contributed by atoms with Crippen molar-refractivity contribution >= 4 is 23.2 Å². The van der Waals surface area contributed by atoms with Gasteiger partial charge in [-0.3, -0.25) is 9.89 Å². The van der Waals surface area contributed by atoms with E-state index >= 15 is 0 Å². The Bertz CT molecular complexity index is 1010. The summed E-state index contributed by atoms with van der Waals surface area (Å²) in [6, 6.07) is 12.5. The molecule has 0 saturated heterocycles. The van der Waals surface area contributed by atoms with Crippen molar-refractivity contribution in [1.29, 1.82) is 0 Å². The maximum Gasteiger partial charge on any atom is 0.256 e. The number of anilines is 1. The molecule has 0 radical (unpaired) electrons. The Labute approximate surface area is 167 Å². The van der Waals surface area contributed by atoms with Crippen LogP contribution < -0.4 is 14.8 Å². The zero-order chi connectivity index (χ0) is 19.7. The Kier molecular flexibility index (Phi) is 4.96. The van der Waals surface area contributed by atoms with Gasteiger partial charge in [0.1, 0.15) is 17.2 Å². The zero-order valence-corrected chi connectivity index (χ0v) is 16.3. The number of carbonyl (C=O) groups excluding carboxylic acids is 1. The summed E-state index contributed by atoms with van der Waals surface area (Å²) in [5.74, 6) is 1.22. The van der Waals surface area contributed by atoms with Crippen LogP contribution in [0.5, 0.6) is 11.5 Å². The van der Waals surface area contributed by atoms with Gasteiger partial charge >= 0.3 is 0 Å². The van der Waals surface area contributed by atoms with Gasteiger partial charge in [0.25, 0.3) is 5.91 Å². The van der Waals surface area contributed by atoms with E-state index in [1.165, 1.54) is 0 Å². The molecule has 0 aliphatic heterocycles. The van der Waals surface area contributed by atoms with Gasteiger partial charge in [0.2, 0.25) is 0 Å². The van der Waals surface area contributed by atoms with Gasteiger partial charge in [-0.15, -0.1) is 0 Å². The van der Waals surface area contributed by atoms with E-state index < -0.39 is 0 Å². The quantitative estimate of drug-likeness (QED) is 0.621. The summed E-state index contributed by atoms with van der Waals surface area (Å²) in [6.45, 7) is 0. The molecule has 3 aromatic rings. The highest BCUT2D eigenvalue weighted by atomic mass is 35.5. The van der Waals surface area contributed by atoms with E-state index in [-0.39, 0.29) is 5.91 Å². The molecule has 0 atom stereocenters. The summed E-state index contributed by atoms with van der Waals surface area (Å²) in [5.41, 5.74) is 3.59. The zero-order valence-electron chi connectivity index (χ0n) is 15.6. The van der Waals surface area contributed by atoms with Crippen LogP contribution in [0.1, 0.15) is 34.8 Å². The third kappa shape index (κ3) is 3.68. The second-order valence-corrected chi connectivity index (χ2v) is 7.14. The molecule has 1 aliphatic rings. The van der Waals surface area contributed by atoms with Crippen molar-refractivity contribution in [3.63, 3.8) is 0 Å². The lowest BCUT2D eigenvalue weighted by Crippen LogP contribution is -2.13. The molecule has 6 nitrogen and oxygen atoms in total. The van der Waals surface area contributed by atoms with Crippen LogP contribution in [0.25, 0.3) is 11.3 Å². The first kappa shape index (κ1) is 18.4. The molecule has 0 bridgehead atoms. The van der Waals surface area contributed by atoms with Crippen LogP contribution >= 0.6 is 11.6 Å². The number of hydrogen-bond donors (Lipinski definition) is 2. The molecule has 28 heavy (non-hydrogen) atoms. The lowest BCUT2D eigenvalue weighted by Gasteiger charge is -2.11. The Morgan fingerprint density at radius 1 is 1.14 bits per heavy atom. The van der Waals surface area contributed by atoms with Crippen LogP contribution in [0.2, 0.25) is 5.02 Å². The minimum absolute atomic E-state index is 0.260. The monoisotopic (exact) mass is 397 g/mol. The molecule has 1 amide bonds. The molecule has 2 N–H and O–H groups in total. The number of hydrogen-bond acceptors (Lipinski definition) is 4. The number of nitrogens with zero attached hydrogens (tertiary/aromatic N) is 1. The SMILES string of the molecule is COc1cc(OC)cc(C(=O)Nc2c(-c3cccc(Cl)c3)n[nH]c2C2CC2)c1. The molecule has 1 aromatic heterocycles. The Morgan fingerprint density at radius 2 is 1.86 bits per heavy atom. The number of benzene rings is 2. The van der Waals surface area contributed by atoms with Gasteiger partial charge in [-0.25, -0.2) is 0 Å². The molecule has 2 aromatic carbocycles. The molecule has 144 valence electrons. The van der Waals surface area contributed by atoms with Crippen molar-refractivity contribution in [2.75, 3.05) is 19.5 Å². The van der Waals surface area contributed by atoms with Gasteiger partial charge in [-0.2, -0.15) is 5.10 Å². The van der Waals surface area contributed by atoms with Gasteiger partial charge in [-0.1, -0.05) is 23.7 Å². The first-order chi connectivity index (χ1) is 13.6. The molecular formula is C21H20ClN3O3. The third-order valence-electron chi connectivity index (χ3n) is 4.73. The molecule has 1 saturated carbocycles. The summed E-state index contributed by atoms with van der Waals surface area (Å²) in [7, 11) is 3.10. The first-order valence-corrected chi connectivity index (χ1v) is 9.35. The van der Waals surface area contributed by atoms with Crippen molar-refractivity contribution < 1.29 is 14.3 Å². The number of nitrogens with one attached hydrogen (secondary N) is 2. The fraction of sp³-hybridized carbons (Fsp3) is 0.238. The average molecular weight is 398 g/mol. The number of rotatable bonds is 6. The smallest absolute Gasteiger partial charge is 0.256 e. The molecule has 4 rings (SSSR count). The van der Waals surface area contributed by atoms with E-state index in [4.69, 9.17) is 21.1 Å². The van der Waals surface area contributed by atoms with E-state index in [0.717, 1.165) is 24.1 Å². The molecule has 1 aliphatic carbocycles. The number of aromatic nitrogens is 2. The summed E-state index contributed by atoms with van der Waals surface area (Å²) >= 11 is 6.14. The summed E-state index contributed by atoms with van der Waals surface area (Å²) in [5, 5.41) is 11.2. The summed E-state index contributed by atoms with van der Waals surface area (Å²) in [6.07, 6.45) is 2.15. The third-order valence-corrected chi connectivity index (χ3v) is 4.97. The minimum Gasteiger partial charge on any atom is -0.497 e. The Balaban J connectivity index is 1.71. The minimum atomic E-state index is -0.260. The van der Waals surface area contributed by atoms with E-state index in [9.17, 15) is 4.79 Å². The van der Waals surface area contributed by atoms with E-state index in [2.05, 4.69) is 15.5 Å². The average Bonchev–Trinajstić information content (AvgIpc) is 3.47. The molecular weight excluding hydrogens is 378 g/mol. The van der Waals surface area contributed by atoms with E-state index in [0.29, 0.717) is 39.4 Å². The maximum absolute atomic E-state index is 13.0. The van der Waals surface area contributed by atoms with E-state index in [1.54, 1.807) is 38.5 Å². The molecule has 0 spiro atoms. The lowest BCUT2D eigenvalue weighted by atomic mass is 10.1. The molecule has 1 heterocycles. The van der Waals surface area contributed by atoms with Crippen LogP contribution in [-0.4, -0.2) is 30.3 Å². The maximum atomic E-state index is 13.0. The Hall–Kier alpha value is -2.99. The highest BCUT2D eigenvalue weighted by Gasteiger charge is 2.31. The molecule has 1 fully saturated rings. The van der Waals surface area contributed by atoms with Gasteiger partial charge in [0, 0.05) is 28.1 Å². The van der Waals surface area contributed by atoms with Crippen molar-refractivity contribution in [1.82, 2.24) is 10.2 Å². The predicted octanol–water partition coefficient (Wildman–Crippen LogP) is 4.88. The topological polar surface area (TPSA) is 76.2 Å². The van der Waals surface area contributed by atoms with Gasteiger partial charge < -0.3 is 14.8 Å². The number of amides is 1. The number of halogens is 1. The van der Waals surface area contributed by atoms with Gasteiger partial charge in [0.15, 0.2) is 0 Å². The number of ether oxygens (including phenoxy) is 2. The van der Waals surface area contributed by atoms with Crippen molar-refractivity contribution in [3.05, 3.63) is 58.7 Å². The van der Waals surface area contributed by atoms with Crippen LogP contribution in [0, 0.1) is 0 Å². The van der Waals surface area contributed by atoms with Crippen molar-refractivity contribution in [3.8, 4) is 22.8 Å². The number of carbonyl (C=O) groups is 1. The second-order valence-electron chi connectivity index (χ2n) is 6.70. The van der Waals surface area contributed by atoms with Crippen LogP contribution in [-0.2, 0) is 0 Å². The Morgan fingerprint density at radius 3 is 2.46 bits per heavy atom. The van der Waals surface area contributed by atoms with Crippen LogP contribution in [0.15, 0.2) is 42.5 Å². The number of methoxy groups -OCH3 is 2. The number of H-pyrrole nitrogens is 1. The lowest BCUT2D eigenvalue weighted by molar-refractivity contribution is 0.102. The molecule has 7 heteroatoms. The highest BCUT2D eigenvalue weighted by Crippen LogP contribution is 2.45. The highest BCUT2D eigenvalue weighted by molar-refractivity contribution is 6.30. The van der Waals surface area contributed by atoms with Crippen molar-refractivity contribution in [2.24, 2.45) is 0 Å². The largest absolute Gasteiger partial charge is 0.497 e. The van der Waals surface area contributed by atoms with Crippen molar-refractivity contribution in [2.45, 2.75) is 18.8 Å². The van der Waals surface area contributed by atoms with Gasteiger partial charge in [0.05, 0.1) is 25.6 Å². The standard InChI is InChI=1S/C21H20ClN3O3/c1-27-16-9-14(10-17(11-16)28-2)21(26)23-20-18(12-6-7-12)24-25-19(20)13-4-3-5-15(22)8-13/h3-5,8-12H,6-7H2,1-2H3,(H,23,26)(H,24,25). The summed E-state index contributed by atoms with van der Waals surface area (Å²) in [4.78, 5) is 13.0.